The fraction of sp³-hybridized carbons (Fsp3) is 0.267. The van der Waals surface area contributed by atoms with Crippen LogP contribution in [0.2, 0.25) is 0 Å². The number of hydrogen-bond acceptors (Lipinski definition) is 4. The highest BCUT2D eigenvalue weighted by molar-refractivity contribution is 6.00. The number of aromatic carboxylic acids is 1. The van der Waals surface area contributed by atoms with E-state index in [1.54, 1.807) is 36.4 Å². The molecule has 0 saturated carbocycles. The van der Waals surface area contributed by atoms with Gasteiger partial charge in [0.15, 0.2) is 0 Å². The maximum absolute atomic E-state index is 12.8. The molecule has 0 aliphatic heterocycles. The summed E-state index contributed by atoms with van der Waals surface area (Å²) in [7, 11) is 0. The maximum Gasteiger partial charge on any atom is 0.335 e. The highest BCUT2D eigenvalue weighted by Gasteiger charge is 2.22. The van der Waals surface area contributed by atoms with Gasteiger partial charge in [0.1, 0.15) is 6.04 Å². The van der Waals surface area contributed by atoms with Gasteiger partial charge in [-0.2, -0.15) is 0 Å². The molecule has 39 heavy (non-hydrogen) atoms. The van der Waals surface area contributed by atoms with Gasteiger partial charge < -0.3 is 26.4 Å². The SMILES string of the molecule is Cc1ccccc1NC(=O)Nc1ccc(CC(=O)N[C@@H](CC(C)C)C(=O)NCc2ccc(C(=O)O)cc2)cc1. The summed E-state index contributed by atoms with van der Waals surface area (Å²) in [5, 5.41) is 20.2. The Morgan fingerprint density at radius 1 is 0.821 bits per heavy atom. The average molecular weight is 531 g/mol. The highest BCUT2D eigenvalue weighted by atomic mass is 16.4. The Hall–Kier alpha value is -4.66. The van der Waals surface area contributed by atoms with Crippen LogP contribution in [0.3, 0.4) is 0 Å². The topological polar surface area (TPSA) is 137 Å². The smallest absolute Gasteiger partial charge is 0.335 e. The van der Waals surface area contributed by atoms with Gasteiger partial charge in [0.05, 0.1) is 12.0 Å². The molecule has 0 fully saturated rings. The summed E-state index contributed by atoms with van der Waals surface area (Å²) in [5.41, 5.74) is 3.92. The molecule has 0 heterocycles. The second-order valence-corrected chi connectivity index (χ2v) is 9.74. The van der Waals surface area contributed by atoms with E-state index in [9.17, 15) is 19.2 Å². The molecule has 0 unspecified atom stereocenters. The Balaban J connectivity index is 1.52. The van der Waals surface area contributed by atoms with Crippen molar-refractivity contribution in [2.45, 2.75) is 46.2 Å². The molecular weight excluding hydrogens is 496 g/mol. The van der Waals surface area contributed by atoms with E-state index in [1.807, 2.05) is 45.0 Å². The standard InChI is InChI=1S/C30H34N4O5/c1-19(2)16-26(28(36)31-18-22-8-12-23(13-9-22)29(37)38)33-27(35)17-21-10-14-24(15-11-21)32-30(39)34-25-7-5-4-6-20(25)3/h4-15,19,26H,16-18H2,1-3H3,(H,31,36)(H,33,35)(H,37,38)(H2,32,34,39)/t26-/m0/s1. The molecular formula is C30H34N4O5. The number of benzene rings is 3. The molecule has 3 aromatic carbocycles. The zero-order valence-electron chi connectivity index (χ0n) is 22.3. The number of amides is 4. The Labute approximate surface area is 228 Å². The van der Waals surface area contributed by atoms with Crippen LogP contribution < -0.4 is 21.3 Å². The van der Waals surface area contributed by atoms with Crippen LogP contribution in [0.5, 0.6) is 0 Å². The number of carbonyl (C=O) groups excluding carboxylic acids is 3. The van der Waals surface area contributed by atoms with Crippen LogP contribution in [-0.4, -0.2) is 35.0 Å². The largest absolute Gasteiger partial charge is 0.478 e. The van der Waals surface area contributed by atoms with Crippen LogP contribution >= 0.6 is 0 Å². The van der Waals surface area contributed by atoms with Gasteiger partial charge in [0.2, 0.25) is 11.8 Å². The summed E-state index contributed by atoms with van der Waals surface area (Å²) in [6.07, 6.45) is 0.544. The van der Waals surface area contributed by atoms with E-state index in [0.717, 1.165) is 22.4 Å². The lowest BCUT2D eigenvalue weighted by Crippen LogP contribution is -2.47. The number of hydrogen-bond donors (Lipinski definition) is 5. The van der Waals surface area contributed by atoms with Crippen LogP contribution in [0.4, 0.5) is 16.2 Å². The van der Waals surface area contributed by atoms with Gasteiger partial charge >= 0.3 is 12.0 Å². The van der Waals surface area contributed by atoms with Crippen molar-refractivity contribution in [3.05, 3.63) is 95.1 Å². The summed E-state index contributed by atoms with van der Waals surface area (Å²) in [6, 6.07) is 19.6. The van der Waals surface area contributed by atoms with E-state index in [4.69, 9.17) is 5.11 Å². The molecule has 0 aliphatic rings. The van der Waals surface area contributed by atoms with E-state index in [2.05, 4.69) is 21.3 Å². The second-order valence-electron chi connectivity index (χ2n) is 9.74. The number of para-hydroxylation sites is 1. The summed E-state index contributed by atoms with van der Waals surface area (Å²) in [4.78, 5) is 48.9. The minimum absolute atomic E-state index is 0.0776. The van der Waals surface area contributed by atoms with Gasteiger partial charge in [0.25, 0.3) is 0 Å². The number of nitrogens with one attached hydrogen (secondary N) is 4. The molecule has 5 N–H and O–H groups in total. The van der Waals surface area contributed by atoms with E-state index in [0.29, 0.717) is 12.1 Å². The van der Waals surface area contributed by atoms with E-state index in [-0.39, 0.29) is 42.3 Å². The molecule has 0 aromatic heterocycles. The van der Waals surface area contributed by atoms with Gasteiger partial charge in [0, 0.05) is 17.9 Å². The van der Waals surface area contributed by atoms with Crippen LogP contribution in [0, 0.1) is 12.8 Å². The lowest BCUT2D eigenvalue weighted by atomic mass is 10.0. The Bertz CT molecular complexity index is 1300. The molecule has 0 saturated heterocycles. The summed E-state index contributed by atoms with van der Waals surface area (Å²) >= 11 is 0. The van der Waals surface area contributed by atoms with Crippen molar-refractivity contribution in [2.24, 2.45) is 5.92 Å². The molecule has 1 atom stereocenters. The normalized spacial score (nSPS) is 11.4. The van der Waals surface area contributed by atoms with Crippen molar-refractivity contribution in [2.75, 3.05) is 10.6 Å². The summed E-state index contributed by atoms with van der Waals surface area (Å²) in [6.45, 7) is 6.07. The van der Waals surface area contributed by atoms with Gasteiger partial charge in [-0.15, -0.1) is 0 Å². The molecule has 4 amide bonds. The van der Waals surface area contributed by atoms with Gasteiger partial charge in [-0.05, 0) is 66.3 Å². The number of rotatable bonds is 11. The lowest BCUT2D eigenvalue weighted by molar-refractivity contribution is -0.129. The number of carbonyl (C=O) groups is 4. The third-order valence-corrected chi connectivity index (χ3v) is 6.00. The minimum Gasteiger partial charge on any atom is -0.478 e. The van der Waals surface area contributed by atoms with E-state index in [1.165, 1.54) is 12.1 Å². The number of aryl methyl sites for hydroxylation is 1. The molecule has 9 nitrogen and oxygen atoms in total. The highest BCUT2D eigenvalue weighted by Crippen LogP contribution is 2.15. The van der Waals surface area contributed by atoms with Crippen molar-refractivity contribution in [1.29, 1.82) is 0 Å². The summed E-state index contributed by atoms with van der Waals surface area (Å²) < 4.78 is 0. The molecule has 9 heteroatoms. The lowest BCUT2D eigenvalue weighted by Gasteiger charge is -2.20. The molecule has 204 valence electrons. The monoisotopic (exact) mass is 530 g/mol. The first-order valence-corrected chi connectivity index (χ1v) is 12.7. The van der Waals surface area contributed by atoms with Crippen molar-refractivity contribution >= 4 is 35.2 Å². The third-order valence-electron chi connectivity index (χ3n) is 6.00. The first kappa shape index (κ1) is 28.9. The van der Waals surface area contributed by atoms with Crippen LogP contribution in [0.25, 0.3) is 0 Å². The van der Waals surface area contributed by atoms with Crippen molar-refractivity contribution in [3.8, 4) is 0 Å². The zero-order valence-corrected chi connectivity index (χ0v) is 22.3. The molecule has 0 aliphatic carbocycles. The summed E-state index contributed by atoms with van der Waals surface area (Å²) in [5.74, 6) is -1.44. The third kappa shape index (κ3) is 9.30. The van der Waals surface area contributed by atoms with Gasteiger partial charge in [-0.1, -0.05) is 56.3 Å². The van der Waals surface area contributed by atoms with Gasteiger partial charge in [-0.25, -0.2) is 9.59 Å². The Morgan fingerprint density at radius 2 is 1.46 bits per heavy atom. The Morgan fingerprint density at radius 3 is 2.08 bits per heavy atom. The molecule has 0 spiro atoms. The number of anilines is 2. The first-order chi connectivity index (χ1) is 18.6. The van der Waals surface area contributed by atoms with Crippen LogP contribution in [0.15, 0.2) is 72.8 Å². The fourth-order valence-corrected chi connectivity index (χ4v) is 3.91. The second kappa shape index (κ2) is 13.8. The zero-order chi connectivity index (χ0) is 28.4. The number of urea groups is 1. The number of carboxylic acid groups (broad SMARTS) is 1. The predicted molar refractivity (Wildman–Crippen MR) is 151 cm³/mol. The van der Waals surface area contributed by atoms with E-state index >= 15 is 0 Å². The van der Waals surface area contributed by atoms with E-state index < -0.39 is 12.0 Å². The van der Waals surface area contributed by atoms with Crippen molar-refractivity contribution in [1.82, 2.24) is 10.6 Å². The van der Waals surface area contributed by atoms with Crippen molar-refractivity contribution < 1.29 is 24.3 Å². The maximum atomic E-state index is 12.8. The molecule has 0 bridgehead atoms. The van der Waals surface area contributed by atoms with Crippen LogP contribution in [0.1, 0.15) is 47.3 Å². The predicted octanol–water partition coefficient (Wildman–Crippen LogP) is 4.73. The molecule has 3 rings (SSSR count). The number of carboxylic acids is 1. The first-order valence-electron chi connectivity index (χ1n) is 12.7. The minimum atomic E-state index is -1.01. The average Bonchev–Trinajstić information content (AvgIpc) is 2.89. The van der Waals surface area contributed by atoms with Crippen molar-refractivity contribution in [3.63, 3.8) is 0 Å². The fourth-order valence-electron chi connectivity index (χ4n) is 3.91. The van der Waals surface area contributed by atoms with Gasteiger partial charge in [-0.3, -0.25) is 9.59 Å². The van der Waals surface area contributed by atoms with Crippen LogP contribution in [-0.2, 0) is 22.6 Å². The Kier molecular flexibility index (Phi) is 10.2. The molecule has 0 radical (unpaired) electrons. The molecule has 3 aromatic rings. The quantitative estimate of drug-likeness (QED) is 0.244.